The Kier molecular flexibility index (Phi) is 5.94. The van der Waals surface area contributed by atoms with Gasteiger partial charge in [-0.25, -0.2) is 15.0 Å². The van der Waals surface area contributed by atoms with Crippen molar-refractivity contribution in [1.82, 2.24) is 19.5 Å². The summed E-state index contributed by atoms with van der Waals surface area (Å²) in [4.78, 5) is 13.2. The van der Waals surface area contributed by atoms with Crippen molar-refractivity contribution in [2.24, 2.45) is 11.8 Å². The van der Waals surface area contributed by atoms with E-state index in [-0.39, 0.29) is 12.0 Å². The van der Waals surface area contributed by atoms with Gasteiger partial charge in [0.1, 0.15) is 29.8 Å². The number of ether oxygens (including phenoxy) is 1. The van der Waals surface area contributed by atoms with Crippen LogP contribution in [0.15, 0.2) is 47.3 Å². The van der Waals surface area contributed by atoms with Gasteiger partial charge in [0.05, 0.1) is 21.5 Å². The first-order valence-electron chi connectivity index (χ1n) is 11.0. The van der Waals surface area contributed by atoms with Crippen molar-refractivity contribution in [3.63, 3.8) is 0 Å². The van der Waals surface area contributed by atoms with Crippen molar-refractivity contribution in [3.8, 4) is 0 Å². The van der Waals surface area contributed by atoms with E-state index >= 15 is 0 Å². The van der Waals surface area contributed by atoms with Gasteiger partial charge in [-0.2, -0.15) is 0 Å². The Morgan fingerprint density at radius 1 is 1.27 bits per heavy atom. The number of aromatic nitrogens is 4. The molecule has 1 aliphatic rings. The molecule has 9 heteroatoms. The van der Waals surface area contributed by atoms with Gasteiger partial charge < -0.3 is 25.5 Å². The Hall–Kier alpha value is -2.75. The summed E-state index contributed by atoms with van der Waals surface area (Å²) >= 11 is 3.44. The molecule has 0 amide bonds. The molecular weight excluding hydrogens is 484 g/mol. The molecule has 1 aromatic carbocycles. The molecule has 5 rings (SSSR count). The number of benzene rings is 1. The molecule has 33 heavy (non-hydrogen) atoms. The molecular formula is C24H27BrN6O2. The van der Waals surface area contributed by atoms with Crippen molar-refractivity contribution in [1.29, 1.82) is 0 Å². The number of nitrogen functional groups attached to an aromatic ring is 1. The van der Waals surface area contributed by atoms with Gasteiger partial charge in [0.15, 0.2) is 0 Å². The number of aliphatic hydroxyl groups is 1. The maximum atomic E-state index is 11.3. The number of halogens is 1. The number of nitrogens with one attached hydrogen (secondary N) is 1. The highest BCUT2D eigenvalue weighted by atomic mass is 79.9. The molecule has 1 saturated carbocycles. The lowest BCUT2D eigenvalue weighted by Gasteiger charge is -2.28. The van der Waals surface area contributed by atoms with Gasteiger partial charge >= 0.3 is 0 Å². The lowest BCUT2D eigenvalue weighted by atomic mass is 9.92. The van der Waals surface area contributed by atoms with E-state index in [2.05, 4.69) is 54.4 Å². The summed E-state index contributed by atoms with van der Waals surface area (Å²) in [5, 5.41) is 16.3. The fourth-order valence-corrected chi connectivity index (χ4v) is 5.55. The number of rotatable bonds is 6. The van der Waals surface area contributed by atoms with E-state index in [0.29, 0.717) is 17.4 Å². The number of methoxy groups -OCH3 is 1. The topological polar surface area (TPSA) is 111 Å². The lowest BCUT2D eigenvalue weighted by molar-refractivity contribution is -0.0434. The van der Waals surface area contributed by atoms with Crippen LogP contribution in [0.25, 0.3) is 21.9 Å². The highest BCUT2D eigenvalue weighted by molar-refractivity contribution is 9.10. The summed E-state index contributed by atoms with van der Waals surface area (Å²) in [5.74, 6) is 1.50. The number of nitrogens with zero attached hydrogens (tertiary/aromatic N) is 4. The van der Waals surface area contributed by atoms with Gasteiger partial charge in [0.2, 0.25) is 0 Å². The van der Waals surface area contributed by atoms with Crippen molar-refractivity contribution >= 4 is 49.5 Å². The van der Waals surface area contributed by atoms with Crippen molar-refractivity contribution in [3.05, 3.63) is 52.9 Å². The highest BCUT2D eigenvalue weighted by Crippen LogP contribution is 2.42. The van der Waals surface area contributed by atoms with Gasteiger partial charge in [0.25, 0.3) is 0 Å². The molecule has 0 saturated heterocycles. The molecule has 4 N–H and O–H groups in total. The van der Waals surface area contributed by atoms with E-state index in [1.165, 1.54) is 11.9 Å². The highest BCUT2D eigenvalue weighted by Gasteiger charge is 2.41. The molecule has 0 bridgehead atoms. The van der Waals surface area contributed by atoms with Crippen molar-refractivity contribution < 1.29 is 9.84 Å². The normalized spacial score (nSPS) is 21.6. The Balaban J connectivity index is 1.38. The molecule has 1 fully saturated rings. The number of pyridine rings is 1. The average Bonchev–Trinajstić information content (AvgIpc) is 3.43. The number of hydrogen-bond acceptors (Lipinski definition) is 7. The van der Waals surface area contributed by atoms with E-state index in [1.807, 2.05) is 29.9 Å². The fourth-order valence-electron chi connectivity index (χ4n) is 5.21. The van der Waals surface area contributed by atoms with E-state index in [1.54, 1.807) is 7.11 Å². The van der Waals surface area contributed by atoms with Crippen LogP contribution in [0.5, 0.6) is 0 Å². The number of anilines is 2. The maximum absolute atomic E-state index is 11.3. The molecule has 0 radical (unpaired) electrons. The van der Waals surface area contributed by atoms with E-state index in [0.717, 1.165) is 45.8 Å². The molecule has 4 atom stereocenters. The number of fused-ring (bicyclic) bond motifs is 2. The Labute approximate surface area is 200 Å². The quantitative estimate of drug-likeness (QED) is 0.357. The summed E-state index contributed by atoms with van der Waals surface area (Å²) in [7, 11) is 3.56. The molecule has 3 heterocycles. The zero-order chi connectivity index (χ0) is 23.1. The third-order valence-electron chi connectivity index (χ3n) is 6.80. The van der Waals surface area contributed by atoms with Crippen LogP contribution in [0.2, 0.25) is 0 Å². The third-order valence-corrected chi connectivity index (χ3v) is 7.44. The predicted molar refractivity (Wildman–Crippen MR) is 133 cm³/mol. The SMILES string of the molecule is CNc1ncnc2c1ccn2C(O)C1CCC(Cc2ccc3cc(Br)c(N)nc3c2)C1OC. The van der Waals surface area contributed by atoms with E-state index < -0.39 is 6.23 Å². The first kappa shape index (κ1) is 22.1. The first-order chi connectivity index (χ1) is 16.0. The van der Waals surface area contributed by atoms with Crippen LogP contribution >= 0.6 is 15.9 Å². The van der Waals surface area contributed by atoms with Crippen molar-refractivity contribution in [2.45, 2.75) is 31.6 Å². The van der Waals surface area contributed by atoms with Gasteiger partial charge in [-0.05, 0) is 64.9 Å². The molecule has 3 aromatic heterocycles. The molecule has 0 aliphatic heterocycles. The molecule has 1 aliphatic carbocycles. The smallest absolute Gasteiger partial charge is 0.147 e. The number of aliphatic hydroxyl groups excluding tert-OH is 1. The standard InChI is InChI=1S/C24H27BrN6O2/c1-27-22-17-7-8-31(23(17)29-12-28-22)24(32)16-6-5-15(20(16)33-2)9-13-3-4-14-11-18(25)21(26)30-19(14)10-13/h3-4,7-8,10-12,15-16,20,24,32H,5-6,9H2,1-2H3,(H2,26,30)(H,27,28,29). The van der Waals surface area contributed by atoms with Gasteiger partial charge in [-0.1, -0.05) is 12.1 Å². The van der Waals surface area contributed by atoms with Crippen molar-refractivity contribution in [2.75, 3.05) is 25.2 Å². The van der Waals surface area contributed by atoms with E-state index in [9.17, 15) is 5.11 Å². The molecule has 0 spiro atoms. The third kappa shape index (κ3) is 3.94. The van der Waals surface area contributed by atoms with Crippen LogP contribution in [0.4, 0.5) is 11.6 Å². The molecule has 172 valence electrons. The van der Waals surface area contributed by atoms with Gasteiger partial charge in [-0.15, -0.1) is 0 Å². The lowest BCUT2D eigenvalue weighted by Crippen LogP contribution is -2.31. The van der Waals surface area contributed by atoms with Gasteiger partial charge in [-0.3, -0.25) is 0 Å². The van der Waals surface area contributed by atoms with Gasteiger partial charge in [0, 0.05) is 31.7 Å². The zero-order valence-corrected chi connectivity index (χ0v) is 20.2. The van der Waals surface area contributed by atoms with Crippen LogP contribution in [0.3, 0.4) is 0 Å². The number of hydrogen-bond donors (Lipinski definition) is 3. The number of nitrogens with two attached hydrogens (primary N) is 1. The molecule has 4 unspecified atom stereocenters. The Morgan fingerprint density at radius 2 is 2.12 bits per heavy atom. The largest absolute Gasteiger partial charge is 0.383 e. The summed E-state index contributed by atoms with van der Waals surface area (Å²) < 4.78 is 8.58. The first-order valence-corrected chi connectivity index (χ1v) is 11.8. The fraction of sp³-hybridized carbons (Fsp3) is 0.375. The second-order valence-corrected chi connectivity index (χ2v) is 9.49. The monoisotopic (exact) mass is 510 g/mol. The van der Waals surface area contributed by atoms with Crippen LogP contribution in [-0.2, 0) is 11.2 Å². The minimum absolute atomic E-state index is 0.0335. The minimum atomic E-state index is -0.729. The Morgan fingerprint density at radius 3 is 2.91 bits per heavy atom. The van der Waals surface area contributed by atoms with Crippen LogP contribution < -0.4 is 11.1 Å². The van der Waals surface area contributed by atoms with Crippen LogP contribution in [0.1, 0.15) is 24.6 Å². The summed E-state index contributed by atoms with van der Waals surface area (Å²) in [6, 6.07) is 10.2. The predicted octanol–water partition coefficient (Wildman–Crippen LogP) is 4.14. The zero-order valence-electron chi connectivity index (χ0n) is 18.6. The summed E-state index contributed by atoms with van der Waals surface area (Å²) in [5.41, 5.74) is 8.77. The van der Waals surface area contributed by atoms with Crippen LogP contribution in [-0.4, -0.2) is 44.9 Å². The molecule has 8 nitrogen and oxygen atoms in total. The van der Waals surface area contributed by atoms with E-state index in [4.69, 9.17) is 10.5 Å². The maximum Gasteiger partial charge on any atom is 0.147 e. The Bertz CT molecular complexity index is 1310. The second kappa shape index (κ2) is 8.89. The summed E-state index contributed by atoms with van der Waals surface area (Å²) in [6.45, 7) is 0. The molecule has 4 aromatic rings. The summed E-state index contributed by atoms with van der Waals surface area (Å²) in [6.07, 6.45) is 5.30. The average molecular weight is 511 g/mol. The minimum Gasteiger partial charge on any atom is -0.383 e. The van der Waals surface area contributed by atoms with Crippen LogP contribution in [0, 0.1) is 11.8 Å². The second-order valence-electron chi connectivity index (χ2n) is 8.63.